The van der Waals surface area contributed by atoms with Gasteiger partial charge in [0.05, 0.1) is 0 Å². The highest BCUT2D eigenvalue weighted by Gasteiger charge is 2.52. The molecule has 1 aromatic rings. The Kier molecular flexibility index (Phi) is 8.23. The average Bonchev–Trinajstić information content (AvgIpc) is 3.22. The number of carbonyl (C=O) groups excluding carboxylic acids is 4. The van der Waals surface area contributed by atoms with Gasteiger partial charge in [0, 0.05) is 17.9 Å². The van der Waals surface area contributed by atoms with Crippen LogP contribution in [0, 0.1) is 37.0 Å². The van der Waals surface area contributed by atoms with Gasteiger partial charge in [-0.2, -0.15) is 10.3 Å². The minimum atomic E-state index is -0.994. The molecule has 2 aliphatic rings. The van der Waals surface area contributed by atoms with Crippen LogP contribution in [0.5, 0.6) is 0 Å². The third-order valence-electron chi connectivity index (χ3n) is 7.04. The largest absolute Gasteiger partial charge is 0.451 e. The van der Waals surface area contributed by atoms with E-state index in [1.165, 1.54) is 6.08 Å². The normalized spacial score (nSPS) is 22.1. The summed E-state index contributed by atoms with van der Waals surface area (Å²) < 4.78 is 7.13. The quantitative estimate of drug-likeness (QED) is 0.245. The lowest BCUT2D eigenvalue weighted by Crippen LogP contribution is -2.52. The number of hydrogen-bond acceptors (Lipinski definition) is 6. The topological polar surface area (TPSA) is 134 Å². The Morgan fingerprint density at radius 2 is 1.97 bits per heavy atom. The molecule has 36 heavy (non-hydrogen) atoms. The summed E-state index contributed by atoms with van der Waals surface area (Å²) in [6, 6.07) is 3.01. The van der Waals surface area contributed by atoms with Gasteiger partial charge < -0.3 is 14.6 Å². The van der Waals surface area contributed by atoms with Crippen LogP contribution in [0.4, 0.5) is 4.79 Å². The van der Waals surface area contributed by atoms with Gasteiger partial charge in [0.15, 0.2) is 6.61 Å². The lowest BCUT2D eigenvalue weighted by Gasteiger charge is -2.33. The third-order valence-corrected chi connectivity index (χ3v) is 7.04. The van der Waals surface area contributed by atoms with Crippen LogP contribution >= 0.6 is 0 Å². The van der Waals surface area contributed by atoms with Crippen LogP contribution in [0.2, 0.25) is 0 Å². The molecule has 10 heteroatoms. The van der Waals surface area contributed by atoms with Crippen molar-refractivity contribution in [2.45, 2.75) is 78.8 Å². The van der Waals surface area contributed by atoms with E-state index >= 15 is 0 Å². The summed E-state index contributed by atoms with van der Waals surface area (Å²) in [5.41, 5.74) is 3.64. The van der Waals surface area contributed by atoms with Gasteiger partial charge in [0.25, 0.3) is 11.8 Å². The molecule has 1 saturated heterocycles. The van der Waals surface area contributed by atoms with E-state index in [0.29, 0.717) is 29.7 Å². The molecule has 0 unspecified atom stereocenters. The maximum Gasteiger partial charge on any atom is 0.349 e. The molecule has 1 aliphatic heterocycles. The molecule has 1 aliphatic carbocycles. The maximum absolute atomic E-state index is 12.8. The molecule has 10 nitrogen and oxygen atoms in total. The number of nitrogens with one attached hydrogen (secondary N) is 2. The van der Waals surface area contributed by atoms with Crippen molar-refractivity contribution in [1.29, 1.82) is 5.26 Å². The predicted molar refractivity (Wildman–Crippen MR) is 132 cm³/mol. The SMILES string of the molecule is Cc1cc(/C=C(/C#N)C(=O)OCC(=O)NN2C(=O)NC3(CCC(C)CC3)C2=O)c(C)n1CCC(C)C. The van der Waals surface area contributed by atoms with Gasteiger partial charge >= 0.3 is 12.0 Å². The number of hydrogen-bond donors (Lipinski definition) is 2. The summed E-state index contributed by atoms with van der Waals surface area (Å²) in [5.74, 6) is -1.31. The Morgan fingerprint density at radius 3 is 2.58 bits per heavy atom. The zero-order valence-electron chi connectivity index (χ0n) is 21.6. The molecule has 3 rings (SSSR count). The number of carbonyl (C=O) groups is 4. The van der Waals surface area contributed by atoms with Gasteiger partial charge in [-0.3, -0.25) is 15.0 Å². The van der Waals surface area contributed by atoms with E-state index in [0.717, 1.165) is 42.8 Å². The maximum atomic E-state index is 12.8. The van der Waals surface area contributed by atoms with Crippen LogP contribution in [0.3, 0.4) is 0 Å². The van der Waals surface area contributed by atoms with E-state index in [9.17, 15) is 24.4 Å². The first-order chi connectivity index (χ1) is 17.0. The predicted octanol–water partition coefficient (Wildman–Crippen LogP) is 3.13. The van der Waals surface area contributed by atoms with Gasteiger partial charge in [0.2, 0.25) is 0 Å². The van der Waals surface area contributed by atoms with Crippen molar-refractivity contribution in [3.05, 3.63) is 28.6 Å². The van der Waals surface area contributed by atoms with Crippen molar-refractivity contribution in [2.75, 3.05) is 6.61 Å². The van der Waals surface area contributed by atoms with Gasteiger partial charge in [-0.25, -0.2) is 9.59 Å². The first kappa shape index (κ1) is 27.0. The lowest BCUT2D eigenvalue weighted by atomic mass is 9.77. The van der Waals surface area contributed by atoms with Crippen molar-refractivity contribution in [1.82, 2.24) is 20.3 Å². The number of esters is 1. The molecule has 2 N–H and O–H groups in total. The molecular weight excluding hydrogens is 462 g/mol. The van der Waals surface area contributed by atoms with Crippen molar-refractivity contribution >= 4 is 29.9 Å². The highest BCUT2D eigenvalue weighted by molar-refractivity contribution is 6.08. The van der Waals surface area contributed by atoms with Gasteiger partial charge in [0.1, 0.15) is 17.2 Å². The fraction of sp³-hybridized carbons (Fsp3) is 0.577. The third kappa shape index (κ3) is 5.78. The Bertz CT molecular complexity index is 1120. The number of urea groups is 1. The van der Waals surface area contributed by atoms with Crippen LogP contribution in [0.15, 0.2) is 11.6 Å². The molecule has 4 amide bonds. The molecule has 1 saturated carbocycles. The standard InChI is InChI=1S/C26H35N5O5/c1-16(2)8-11-30-18(4)12-20(19(30)5)13-21(14-27)23(33)36-15-22(32)29-31-24(34)26(28-25(31)35)9-6-17(3)7-10-26/h12-13,16-17H,6-11,15H2,1-5H3,(H,28,35)(H,29,32)/b21-13-. The highest BCUT2D eigenvalue weighted by Crippen LogP contribution is 2.35. The zero-order valence-corrected chi connectivity index (χ0v) is 21.6. The number of amides is 4. The van der Waals surface area contributed by atoms with Crippen LogP contribution in [0.25, 0.3) is 6.08 Å². The van der Waals surface area contributed by atoms with Crippen molar-refractivity contribution in [2.24, 2.45) is 11.8 Å². The first-order valence-electron chi connectivity index (χ1n) is 12.4. The summed E-state index contributed by atoms with van der Waals surface area (Å²) >= 11 is 0. The number of aryl methyl sites for hydroxylation is 1. The molecule has 0 radical (unpaired) electrons. The molecule has 2 fully saturated rings. The van der Waals surface area contributed by atoms with E-state index in [4.69, 9.17) is 4.74 Å². The van der Waals surface area contributed by atoms with E-state index in [1.54, 1.807) is 0 Å². The van der Waals surface area contributed by atoms with Crippen LogP contribution in [-0.2, 0) is 25.7 Å². The highest BCUT2D eigenvalue weighted by atomic mass is 16.5. The molecule has 0 aromatic carbocycles. The molecule has 0 atom stereocenters. The monoisotopic (exact) mass is 497 g/mol. The lowest BCUT2D eigenvalue weighted by molar-refractivity contribution is -0.147. The van der Waals surface area contributed by atoms with Gasteiger partial charge in [-0.1, -0.05) is 20.8 Å². The number of nitriles is 1. The van der Waals surface area contributed by atoms with E-state index in [-0.39, 0.29) is 5.57 Å². The number of imide groups is 1. The Morgan fingerprint density at radius 1 is 1.31 bits per heavy atom. The van der Waals surface area contributed by atoms with E-state index < -0.39 is 36.0 Å². The Labute approximate surface area is 211 Å². The first-order valence-corrected chi connectivity index (χ1v) is 12.4. The second-order valence-corrected chi connectivity index (χ2v) is 10.3. The smallest absolute Gasteiger partial charge is 0.349 e. The van der Waals surface area contributed by atoms with E-state index in [2.05, 4.69) is 36.1 Å². The van der Waals surface area contributed by atoms with Crippen molar-refractivity contribution in [3.8, 4) is 6.07 Å². The zero-order chi connectivity index (χ0) is 26.6. The molecular formula is C26H35N5O5. The molecule has 2 heterocycles. The number of ether oxygens (including phenoxy) is 1. The molecule has 1 spiro atoms. The summed E-state index contributed by atoms with van der Waals surface area (Å²) in [6.07, 6.45) is 5.06. The summed E-state index contributed by atoms with van der Waals surface area (Å²) in [5, 5.41) is 12.8. The van der Waals surface area contributed by atoms with Crippen molar-refractivity contribution < 1.29 is 23.9 Å². The van der Waals surface area contributed by atoms with Crippen LogP contribution in [-0.4, -0.2) is 45.5 Å². The van der Waals surface area contributed by atoms with Crippen LogP contribution < -0.4 is 10.7 Å². The van der Waals surface area contributed by atoms with Crippen LogP contribution in [0.1, 0.15) is 69.8 Å². The number of nitrogens with zero attached hydrogens (tertiary/aromatic N) is 3. The Hall–Kier alpha value is -3.61. The summed E-state index contributed by atoms with van der Waals surface area (Å²) in [4.78, 5) is 50.0. The molecule has 1 aromatic heterocycles. The summed E-state index contributed by atoms with van der Waals surface area (Å²) in [7, 11) is 0. The van der Waals surface area contributed by atoms with Gasteiger partial charge in [-0.05, 0) is 75.5 Å². The molecule has 194 valence electrons. The second kappa shape index (κ2) is 11.0. The number of rotatable bonds is 8. The average molecular weight is 498 g/mol. The number of hydrazine groups is 1. The minimum absolute atomic E-state index is 0.253. The second-order valence-electron chi connectivity index (χ2n) is 10.3. The Balaban J connectivity index is 1.60. The molecule has 0 bridgehead atoms. The van der Waals surface area contributed by atoms with Gasteiger partial charge in [-0.15, -0.1) is 0 Å². The number of aromatic nitrogens is 1. The van der Waals surface area contributed by atoms with Crippen molar-refractivity contribution in [3.63, 3.8) is 0 Å². The fourth-order valence-corrected chi connectivity index (χ4v) is 4.68. The fourth-order valence-electron chi connectivity index (χ4n) is 4.68. The summed E-state index contributed by atoms with van der Waals surface area (Å²) in [6.45, 7) is 10.4. The van der Waals surface area contributed by atoms with E-state index in [1.807, 2.05) is 26.0 Å². The minimum Gasteiger partial charge on any atom is -0.451 e.